The molecule has 0 aliphatic rings. The van der Waals surface area contributed by atoms with Gasteiger partial charge in [0.2, 0.25) is 0 Å². The van der Waals surface area contributed by atoms with Gasteiger partial charge in [0.25, 0.3) is 0 Å². The monoisotopic (exact) mass is 319 g/mol. The second kappa shape index (κ2) is 11.1. The number of hydrogen-bond donors (Lipinski definition) is 1. The van der Waals surface area contributed by atoms with Crippen molar-refractivity contribution in [2.75, 3.05) is 53.4 Å². The standard InChI is InChI=1S/C19H33N3O/c1-6-22(7-2)14-8-16-23-19-11-9-18(10-12-19)17(3)20-13-15-21(4)5/h9-12,20H,3,6-8,13-16H2,1-2,4-5H3. The molecule has 0 aliphatic carbocycles. The van der Waals surface area contributed by atoms with Gasteiger partial charge in [-0.1, -0.05) is 20.4 Å². The second-order valence-corrected chi connectivity index (χ2v) is 5.96. The van der Waals surface area contributed by atoms with Gasteiger partial charge in [0.1, 0.15) is 5.75 Å². The van der Waals surface area contributed by atoms with Crippen LogP contribution in [-0.4, -0.2) is 63.2 Å². The van der Waals surface area contributed by atoms with E-state index < -0.39 is 0 Å². The SMILES string of the molecule is C=C(NCCN(C)C)c1ccc(OCCCN(CC)CC)cc1. The molecular formula is C19H33N3O. The second-order valence-electron chi connectivity index (χ2n) is 5.96. The molecule has 1 N–H and O–H groups in total. The van der Waals surface area contributed by atoms with Crippen molar-refractivity contribution in [3.63, 3.8) is 0 Å². The number of likely N-dealkylation sites (N-methyl/N-ethyl adjacent to an activating group) is 1. The lowest BCUT2D eigenvalue weighted by atomic mass is 10.1. The molecule has 130 valence electrons. The Labute approximate surface area is 142 Å². The number of rotatable bonds is 12. The normalized spacial score (nSPS) is 11.0. The van der Waals surface area contributed by atoms with Crippen molar-refractivity contribution in [1.82, 2.24) is 15.1 Å². The van der Waals surface area contributed by atoms with E-state index in [4.69, 9.17) is 4.74 Å². The van der Waals surface area contributed by atoms with Gasteiger partial charge in [0.15, 0.2) is 0 Å². The fourth-order valence-corrected chi connectivity index (χ4v) is 2.30. The molecule has 1 rings (SSSR count). The van der Waals surface area contributed by atoms with Crippen LogP contribution in [0.5, 0.6) is 5.75 Å². The predicted octanol–water partition coefficient (Wildman–Crippen LogP) is 2.92. The third kappa shape index (κ3) is 8.05. The van der Waals surface area contributed by atoms with E-state index in [1.807, 2.05) is 12.1 Å². The lowest BCUT2D eigenvalue weighted by Gasteiger charge is -2.17. The zero-order valence-electron chi connectivity index (χ0n) is 15.3. The molecule has 0 bridgehead atoms. The lowest BCUT2D eigenvalue weighted by Crippen LogP contribution is -2.25. The van der Waals surface area contributed by atoms with Crippen LogP contribution in [0.25, 0.3) is 5.70 Å². The van der Waals surface area contributed by atoms with Gasteiger partial charge in [-0.3, -0.25) is 0 Å². The summed E-state index contributed by atoms with van der Waals surface area (Å²) in [6.07, 6.45) is 1.06. The average molecular weight is 319 g/mol. The van der Waals surface area contributed by atoms with Crippen LogP contribution in [0.1, 0.15) is 25.8 Å². The zero-order chi connectivity index (χ0) is 17.1. The molecule has 0 heterocycles. The Bertz CT molecular complexity index is 438. The summed E-state index contributed by atoms with van der Waals surface area (Å²) in [6.45, 7) is 14.4. The van der Waals surface area contributed by atoms with Gasteiger partial charge in [-0.05, 0) is 63.4 Å². The first-order valence-corrected chi connectivity index (χ1v) is 8.59. The Balaban J connectivity index is 2.31. The van der Waals surface area contributed by atoms with Gasteiger partial charge < -0.3 is 19.9 Å². The van der Waals surface area contributed by atoms with E-state index in [9.17, 15) is 0 Å². The molecule has 23 heavy (non-hydrogen) atoms. The fourth-order valence-electron chi connectivity index (χ4n) is 2.30. The van der Waals surface area contributed by atoms with Crippen LogP contribution < -0.4 is 10.1 Å². The number of ether oxygens (including phenoxy) is 1. The van der Waals surface area contributed by atoms with Gasteiger partial charge in [0.05, 0.1) is 6.61 Å². The van der Waals surface area contributed by atoms with Crippen molar-refractivity contribution < 1.29 is 4.74 Å². The van der Waals surface area contributed by atoms with Gasteiger partial charge in [-0.25, -0.2) is 0 Å². The molecule has 0 saturated carbocycles. The molecule has 0 fully saturated rings. The molecule has 4 nitrogen and oxygen atoms in total. The largest absolute Gasteiger partial charge is 0.494 e. The molecule has 0 aromatic heterocycles. The first-order chi connectivity index (χ1) is 11.1. The van der Waals surface area contributed by atoms with E-state index >= 15 is 0 Å². The summed E-state index contributed by atoms with van der Waals surface area (Å²) in [6, 6.07) is 8.16. The lowest BCUT2D eigenvalue weighted by molar-refractivity contribution is 0.249. The van der Waals surface area contributed by atoms with Gasteiger partial charge in [-0.15, -0.1) is 0 Å². The molecular weight excluding hydrogens is 286 g/mol. The summed E-state index contributed by atoms with van der Waals surface area (Å²) in [7, 11) is 4.13. The molecule has 0 amide bonds. The molecule has 0 atom stereocenters. The van der Waals surface area contributed by atoms with Crippen LogP contribution in [-0.2, 0) is 0 Å². The fraction of sp³-hybridized carbons (Fsp3) is 0.579. The van der Waals surface area contributed by atoms with Crippen molar-refractivity contribution in [1.29, 1.82) is 0 Å². The number of nitrogens with zero attached hydrogens (tertiary/aromatic N) is 2. The highest BCUT2D eigenvalue weighted by atomic mass is 16.5. The van der Waals surface area contributed by atoms with Gasteiger partial charge in [0, 0.05) is 25.3 Å². The van der Waals surface area contributed by atoms with Gasteiger partial charge in [-0.2, -0.15) is 0 Å². The molecule has 0 aliphatic heterocycles. The maximum Gasteiger partial charge on any atom is 0.119 e. The predicted molar refractivity (Wildman–Crippen MR) is 99.9 cm³/mol. The highest BCUT2D eigenvalue weighted by Crippen LogP contribution is 2.16. The summed E-state index contributed by atoms with van der Waals surface area (Å²) in [5, 5.41) is 3.34. The van der Waals surface area contributed by atoms with Crippen molar-refractivity contribution >= 4 is 5.70 Å². The molecule has 0 radical (unpaired) electrons. The van der Waals surface area contributed by atoms with E-state index in [1.54, 1.807) is 0 Å². The minimum absolute atomic E-state index is 0.762. The third-order valence-corrected chi connectivity index (χ3v) is 3.88. The Morgan fingerprint density at radius 1 is 1.09 bits per heavy atom. The van der Waals surface area contributed by atoms with Crippen molar-refractivity contribution in [2.24, 2.45) is 0 Å². The van der Waals surface area contributed by atoms with Crippen LogP contribution >= 0.6 is 0 Å². The Morgan fingerprint density at radius 3 is 2.30 bits per heavy atom. The quantitative estimate of drug-likeness (QED) is 0.600. The molecule has 1 aromatic carbocycles. The van der Waals surface area contributed by atoms with Gasteiger partial charge >= 0.3 is 0 Å². The molecule has 1 aromatic rings. The van der Waals surface area contributed by atoms with E-state index in [2.05, 4.69) is 61.8 Å². The van der Waals surface area contributed by atoms with E-state index in [0.717, 1.165) is 62.8 Å². The number of benzene rings is 1. The molecule has 4 heteroatoms. The first-order valence-electron chi connectivity index (χ1n) is 8.59. The summed E-state index contributed by atoms with van der Waals surface area (Å²) < 4.78 is 5.81. The van der Waals surface area contributed by atoms with Crippen molar-refractivity contribution in [3.05, 3.63) is 36.4 Å². The highest BCUT2D eigenvalue weighted by molar-refractivity contribution is 5.62. The third-order valence-electron chi connectivity index (χ3n) is 3.88. The van der Waals surface area contributed by atoms with Crippen LogP contribution in [0.4, 0.5) is 0 Å². The number of hydrogen-bond acceptors (Lipinski definition) is 4. The van der Waals surface area contributed by atoms with Crippen molar-refractivity contribution in [3.8, 4) is 5.75 Å². The Hall–Kier alpha value is -1.52. The minimum atomic E-state index is 0.762. The zero-order valence-corrected chi connectivity index (χ0v) is 15.3. The molecule has 0 unspecified atom stereocenters. The number of nitrogens with one attached hydrogen (secondary N) is 1. The maximum absolute atomic E-state index is 5.81. The molecule has 0 saturated heterocycles. The maximum atomic E-state index is 5.81. The van der Waals surface area contributed by atoms with Crippen LogP contribution in [0.15, 0.2) is 30.8 Å². The summed E-state index contributed by atoms with van der Waals surface area (Å²) >= 11 is 0. The first kappa shape index (κ1) is 19.5. The Morgan fingerprint density at radius 2 is 1.74 bits per heavy atom. The van der Waals surface area contributed by atoms with E-state index in [0.29, 0.717) is 0 Å². The van der Waals surface area contributed by atoms with Crippen LogP contribution in [0.3, 0.4) is 0 Å². The minimum Gasteiger partial charge on any atom is -0.494 e. The van der Waals surface area contributed by atoms with E-state index in [1.165, 1.54) is 0 Å². The van der Waals surface area contributed by atoms with Crippen LogP contribution in [0.2, 0.25) is 0 Å². The topological polar surface area (TPSA) is 27.7 Å². The highest BCUT2D eigenvalue weighted by Gasteiger charge is 2.01. The average Bonchev–Trinajstić information content (AvgIpc) is 2.55. The summed E-state index contributed by atoms with van der Waals surface area (Å²) in [5.74, 6) is 0.925. The summed E-state index contributed by atoms with van der Waals surface area (Å²) in [5.41, 5.74) is 2.07. The van der Waals surface area contributed by atoms with Crippen molar-refractivity contribution in [2.45, 2.75) is 20.3 Å². The molecule has 0 spiro atoms. The Kier molecular flexibility index (Phi) is 9.41. The van der Waals surface area contributed by atoms with Crippen LogP contribution in [0, 0.1) is 0 Å². The smallest absolute Gasteiger partial charge is 0.119 e. The summed E-state index contributed by atoms with van der Waals surface area (Å²) in [4.78, 5) is 4.56. The van der Waals surface area contributed by atoms with E-state index in [-0.39, 0.29) is 0 Å².